The Hall–Kier alpha value is -1.63. The molecule has 0 aromatic carbocycles. The predicted octanol–water partition coefficient (Wildman–Crippen LogP) is -0.929. The Morgan fingerprint density at radius 1 is 1.41 bits per heavy atom. The standard InChI is InChI=1S/C10H18N2O5/c1-7(10(15)16)12(9(14)6-17-3)5-4-11-8(2)13/h7H,4-6H2,1-3H3,(H,11,13)(H,15,16). The Balaban J connectivity index is 4.45. The van der Waals surface area contributed by atoms with Gasteiger partial charge in [0.05, 0.1) is 0 Å². The number of rotatable bonds is 7. The molecule has 0 rings (SSSR count). The van der Waals surface area contributed by atoms with Crippen LogP contribution in [0.1, 0.15) is 13.8 Å². The smallest absolute Gasteiger partial charge is 0.326 e. The van der Waals surface area contributed by atoms with Crippen LogP contribution in [0.5, 0.6) is 0 Å². The van der Waals surface area contributed by atoms with Gasteiger partial charge in [0.1, 0.15) is 12.6 Å². The second-order valence-corrected chi connectivity index (χ2v) is 3.52. The first-order valence-electron chi connectivity index (χ1n) is 5.15. The second kappa shape index (κ2) is 7.61. The maximum atomic E-state index is 11.6. The van der Waals surface area contributed by atoms with Crippen LogP contribution in [-0.4, -0.2) is 60.6 Å². The highest BCUT2D eigenvalue weighted by Crippen LogP contribution is 2.00. The lowest BCUT2D eigenvalue weighted by molar-refractivity contribution is -0.151. The first-order chi connectivity index (χ1) is 7.90. The third-order valence-corrected chi connectivity index (χ3v) is 2.14. The number of carboxylic acid groups (broad SMARTS) is 1. The van der Waals surface area contributed by atoms with Crippen LogP contribution in [0.3, 0.4) is 0 Å². The third-order valence-electron chi connectivity index (χ3n) is 2.14. The van der Waals surface area contributed by atoms with E-state index >= 15 is 0 Å². The summed E-state index contributed by atoms with van der Waals surface area (Å²) in [4.78, 5) is 34.2. The van der Waals surface area contributed by atoms with Gasteiger partial charge >= 0.3 is 5.97 Å². The molecule has 1 atom stereocenters. The zero-order valence-electron chi connectivity index (χ0n) is 10.2. The molecule has 0 spiro atoms. The van der Waals surface area contributed by atoms with Gasteiger partial charge in [-0.05, 0) is 6.92 Å². The number of nitrogens with zero attached hydrogens (tertiary/aromatic N) is 1. The summed E-state index contributed by atoms with van der Waals surface area (Å²) < 4.78 is 4.67. The molecule has 0 aromatic rings. The number of carbonyl (C=O) groups excluding carboxylic acids is 2. The zero-order chi connectivity index (χ0) is 13.4. The van der Waals surface area contributed by atoms with Crippen LogP contribution in [-0.2, 0) is 19.1 Å². The zero-order valence-corrected chi connectivity index (χ0v) is 10.2. The average molecular weight is 246 g/mol. The van der Waals surface area contributed by atoms with Crippen LogP contribution in [0.15, 0.2) is 0 Å². The van der Waals surface area contributed by atoms with E-state index in [4.69, 9.17) is 5.11 Å². The Morgan fingerprint density at radius 2 is 2.00 bits per heavy atom. The van der Waals surface area contributed by atoms with Crippen molar-refractivity contribution in [3.63, 3.8) is 0 Å². The van der Waals surface area contributed by atoms with Gasteiger partial charge in [0.15, 0.2) is 0 Å². The molecule has 0 aliphatic heterocycles. The Labute approximate surface area is 99.7 Å². The van der Waals surface area contributed by atoms with Crippen molar-refractivity contribution in [2.24, 2.45) is 0 Å². The summed E-state index contributed by atoms with van der Waals surface area (Å²) in [5, 5.41) is 11.4. The summed E-state index contributed by atoms with van der Waals surface area (Å²) in [6.45, 7) is 2.92. The molecule has 0 aromatic heterocycles. The van der Waals surface area contributed by atoms with Crippen LogP contribution >= 0.6 is 0 Å². The van der Waals surface area contributed by atoms with E-state index in [1.54, 1.807) is 0 Å². The summed E-state index contributed by atoms with van der Waals surface area (Å²) in [6, 6.07) is -0.952. The first-order valence-corrected chi connectivity index (χ1v) is 5.15. The molecular formula is C10H18N2O5. The van der Waals surface area contributed by atoms with Gasteiger partial charge in [0.2, 0.25) is 11.8 Å². The van der Waals surface area contributed by atoms with Crippen LogP contribution < -0.4 is 5.32 Å². The van der Waals surface area contributed by atoms with Gasteiger partial charge in [0, 0.05) is 27.1 Å². The summed E-state index contributed by atoms with van der Waals surface area (Å²) in [7, 11) is 1.36. The molecule has 17 heavy (non-hydrogen) atoms. The number of amides is 2. The topological polar surface area (TPSA) is 95.9 Å². The van der Waals surface area contributed by atoms with Crippen molar-refractivity contribution < 1.29 is 24.2 Å². The molecule has 2 amide bonds. The van der Waals surface area contributed by atoms with Crippen LogP contribution in [0.25, 0.3) is 0 Å². The van der Waals surface area contributed by atoms with E-state index in [0.29, 0.717) is 0 Å². The second-order valence-electron chi connectivity index (χ2n) is 3.52. The minimum atomic E-state index is -1.10. The Kier molecular flexibility index (Phi) is 6.88. The van der Waals surface area contributed by atoms with Gasteiger partial charge in [-0.2, -0.15) is 0 Å². The number of carbonyl (C=O) groups is 3. The molecule has 7 heteroatoms. The van der Waals surface area contributed by atoms with Crippen molar-refractivity contribution in [2.75, 3.05) is 26.8 Å². The van der Waals surface area contributed by atoms with Gasteiger partial charge in [-0.1, -0.05) is 0 Å². The fourth-order valence-corrected chi connectivity index (χ4v) is 1.23. The molecule has 0 fully saturated rings. The minimum Gasteiger partial charge on any atom is -0.480 e. The lowest BCUT2D eigenvalue weighted by Crippen LogP contribution is -2.48. The lowest BCUT2D eigenvalue weighted by atomic mass is 10.2. The third kappa shape index (κ3) is 5.86. The Morgan fingerprint density at radius 3 is 2.41 bits per heavy atom. The first kappa shape index (κ1) is 15.4. The molecule has 0 aliphatic rings. The van der Waals surface area contributed by atoms with E-state index in [1.165, 1.54) is 21.0 Å². The highest BCUT2D eigenvalue weighted by molar-refractivity contribution is 5.84. The number of hydrogen-bond donors (Lipinski definition) is 2. The predicted molar refractivity (Wildman–Crippen MR) is 59.4 cm³/mol. The number of carboxylic acids is 1. The molecule has 0 bridgehead atoms. The van der Waals surface area contributed by atoms with E-state index < -0.39 is 17.9 Å². The summed E-state index contributed by atoms with van der Waals surface area (Å²) >= 11 is 0. The molecule has 2 N–H and O–H groups in total. The van der Waals surface area contributed by atoms with Gasteiger partial charge < -0.3 is 20.1 Å². The van der Waals surface area contributed by atoms with Crippen molar-refractivity contribution in [3.05, 3.63) is 0 Å². The molecule has 7 nitrogen and oxygen atoms in total. The number of methoxy groups -OCH3 is 1. The quantitative estimate of drug-likeness (QED) is 0.605. The van der Waals surface area contributed by atoms with Crippen molar-refractivity contribution in [1.82, 2.24) is 10.2 Å². The molecule has 0 radical (unpaired) electrons. The number of hydrogen-bond acceptors (Lipinski definition) is 4. The van der Waals surface area contributed by atoms with E-state index in [2.05, 4.69) is 10.1 Å². The average Bonchev–Trinajstić information content (AvgIpc) is 2.23. The fourth-order valence-electron chi connectivity index (χ4n) is 1.23. The molecule has 1 unspecified atom stereocenters. The highest BCUT2D eigenvalue weighted by Gasteiger charge is 2.24. The van der Waals surface area contributed by atoms with E-state index in [-0.39, 0.29) is 25.6 Å². The maximum Gasteiger partial charge on any atom is 0.326 e. The maximum absolute atomic E-state index is 11.6. The molecule has 0 saturated carbocycles. The van der Waals surface area contributed by atoms with E-state index in [9.17, 15) is 14.4 Å². The summed E-state index contributed by atoms with van der Waals surface area (Å²) in [6.07, 6.45) is 0. The molecule has 0 heterocycles. The number of aliphatic carboxylic acids is 1. The lowest BCUT2D eigenvalue weighted by Gasteiger charge is -2.26. The van der Waals surface area contributed by atoms with Crippen LogP contribution in [0, 0.1) is 0 Å². The highest BCUT2D eigenvalue weighted by atomic mass is 16.5. The molecular weight excluding hydrogens is 228 g/mol. The van der Waals surface area contributed by atoms with Gasteiger partial charge in [0.25, 0.3) is 0 Å². The summed E-state index contributed by atoms with van der Waals surface area (Å²) in [5.41, 5.74) is 0. The summed E-state index contributed by atoms with van der Waals surface area (Å²) in [5.74, 6) is -1.75. The number of ether oxygens (including phenoxy) is 1. The van der Waals surface area contributed by atoms with Gasteiger partial charge in [-0.25, -0.2) is 4.79 Å². The SMILES string of the molecule is COCC(=O)N(CCNC(C)=O)C(C)C(=O)O. The van der Waals surface area contributed by atoms with Crippen molar-refractivity contribution >= 4 is 17.8 Å². The number of nitrogens with one attached hydrogen (secondary N) is 1. The van der Waals surface area contributed by atoms with Crippen molar-refractivity contribution in [2.45, 2.75) is 19.9 Å². The largest absolute Gasteiger partial charge is 0.480 e. The van der Waals surface area contributed by atoms with Gasteiger partial charge in [-0.3, -0.25) is 9.59 Å². The normalized spacial score (nSPS) is 11.7. The fraction of sp³-hybridized carbons (Fsp3) is 0.700. The van der Waals surface area contributed by atoms with E-state index in [1.807, 2.05) is 0 Å². The van der Waals surface area contributed by atoms with E-state index in [0.717, 1.165) is 4.90 Å². The minimum absolute atomic E-state index is 0.134. The molecule has 98 valence electrons. The van der Waals surface area contributed by atoms with Crippen LogP contribution in [0.2, 0.25) is 0 Å². The molecule has 0 aliphatic carbocycles. The van der Waals surface area contributed by atoms with Crippen LogP contribution in [0.4, 0.5) is 0 Å². The Bertz CT molecular complexity index is 292. The van der Waals surface area contributed by atoms with Gasteiger partial charge in [-0.15, -0.1) is 0 Å². The monoisotopic (exact) mass is 246 g/mol. The molecule has 0 saturated heterocycles. The van der Waals surface area contributed by atoms with Crippen molar-refractivity contribution in [3.8, 4) is 0 Å². The van der Waals surface area contributed by atoms with Crippen molar-refractivity contribution in [1.29, 1.82) is 0 Å².